The first-order valence-electron chi connectivity index (χ1n) is 8.83. The Morgan fingerprint density at radius 3 is 2.81 bits per heavy atom. The van der Waals surface area contributed by atoms with E-state index in [1.54, 1.807) is 24.3 Å². The van der Waals surface area contributed by atoms with Crippen LogP contribution in [0.15, 0.2) is 30.3 Å². The van der Waals surface area contributed by atoms with Crippen molar-refractivity contribution in [3.05, 3.63) is 51.9 Å². The minimum absolute atomic E-state index is 0.152. The van der Waals surface area contributed by atoms with Gasteiger partial charge in [-0.15, -0.1) is 11.3 Å². The van der Waals surface area contributed by atoms with Crippen molar-refractivity contribution >= 4 is 28.0 Å². The van der Waals surface area contributed by atoms with E-state index in [1.165, 1.54) is 11.3 Å². The van der Waals surface area contributed by atoms with Crippen molar-refractivity contribution in [2.45, 2.75) is 38.6 Å². The first-order valence-corrected chi connectivity index (χ1v) is 9.65. The second-order valence-corrected chi connectivity index (χ2v) is 7.34. The summed E-state index contributed by atoms with van der Waals surface area (Å²) >= 11 is 1.34. The van der Waals surface area contributed by atoms with E-state index in [1.807, 2.05) is 6.07 Å². The Bertz CT molecular complexity index is 852. The summed E-state index contributed by atoms with van der Waals surface area (Å²) in [4.78, 5) is 25.9. The number of nitrogens with one attached hydrogen (secondary N) is 2. The Hall–Kier alpha value is -2.49. The summed E-state index contributed by atoms with van der Waals surface area (Å²) in [5.74, 6) is -0.0954. The average molecular weight is 367 g/mol. The van der Waals surface area contributed by atoms with E-state index in [4.69, 9.17) is 0 Å². The molecule has 2 aromatic rings. The highest BCUT2D eigenvalue weighted by Gasteiger charge is 2.31. The molecule has 6 heteroatoms. The van der Waals surface area contributed by atoms with Crippen LogP contribution in [0.3, 0.4) is 0 Å². The molecule has 1 aliphatic heterocycles. The maximum Gasteiger partial charge on any atom is 0.256 e. The van der Waals surface area contributed by atoms with Crippen LogP contribution in [0, 0.1) is 11.3 Å². The van der Waals surface area contributed by atoms with Crippen molar-refractivity contribution in [2.75, 3.05) is 11.9 Å². The number of thiophene rings is 1. The largest absolute Gasteiger partial charge is 0.312 e. The summed E-state index contributed by atoms with van der Waals surface area (Å²) in [6.45, 7) is 2.72. The molecule has 134 valence electrons. The zero-order valence-electron chi connectivity index (χ0n) is 14.7. The number of anilines is 1. The molecule has 1 atom stereocenters. The SMILES string of the molecule is CCCCC(=O)C1NCCc2c1sc(NC(=O)c1ccccc1)c2C#N. The highest BCUT2D eigenvalue weighted by molar-refractivity contribution is 7.17. The number of hydrogen-bond acceptors (Lipinski definition) is 5. The Morgan fingerprint density at radius 1 is 1.35 bits per heavy atom. The maximum atomic E-state index is 12.5. The van der Waals surface area contributed by atoms with Gasteiger partial charge in [-0.25, -0.2) is 0 Å². The summed E-state index contributed by atoms with van der Waals surface area (Å²) in [7, 11) is 0. The van der Waals surface area contributed by atoms with Gasteiger partial charge in [0.25, 0.3) is 5.91 Å². The van der Waals surface area contributed by atoms with E-state index in [2.05, 4.69) is 23.6 Å². The molecule has 26 heavy (non-hydrogen) atoms. The predicted molar refractivity (Wildman–Crippen MR) is 102 cm³/mol. The van der Waals surface area contributed by atoms with E-state index >= 15 is 0 Å². The summed E-state index contributed by atoms with van der Waals surface area (Å²) in [5.41, 5.74) is 1.93. The molecule has 1 amide bonds. The molecule has 2 N–H and O–H groups in total. The van der Waals surface area contributed by atoms with E-state index < -0.39 is 0 Å². The number of carbonyl (C=O) groups excluding carboxylic acids is 2. The van der Waals surface area contributed by atoms with E-state index in [-0.39, 0.29) is 17.7 Å². The highest BCUT2D eigenvalue weighted by atomic mass is 32.1. The van der Waals surface area contributed by atoms with Gasteiger partial charge in [-0.2, -0.15) is 5.26 Å². The summed E-state index contributed by atoms with van der Waals surface area (Å²) in [6.07, 6.45) is 3.05. The third-order valence-electron chi connectivity index (χ3n) is 4.50. The molecule has 2 heterocycles. The zero-order valence-corrected chi connectivity index (χ0v) is 15.5. The van der Waals surface area contributed by atoms with Crippen LogP contribution >= 0.6 is 11.3 Å². The summed E-state index contributed by atoms with van der Waals surface area (Å²) in [6, 6.07) is 10.8. The van der Waals surface area contributed by atoms with Crippen LogP contribution in [0.5, 0.6) is 0 Å². The molecule has 0 bridgehead atoms. The van der Waals surface area contributed by atoms with Crippen LogP contribution in [0.2, 0.25) is 0 Å². The zero-order chi connectivity index (χ0) is 18.5. The van der Waals surface area contributed by atoms with Gasteiger partial charge >= 0.3 is 0 Å². The van der Waals surface area contributed by atoms with Crippen molar-refractivity contribution in [3.63, 3.8) is 0 Å². The van der Waals surface area contributed by atoms with Crippen LogP contribution in [0.25, 0.3) is 0 Å². The van der Waals surface area contributed by atoms with Gasteiger partial charge in [-0.3, -0.25) is 9.59 Å². The quantitative estimate of drug-likeness (QED) is 0.813. The fourth-order valence-electron chi connectivity index (χ4n) is 3.12. The van der Waals surface area contributed by atoms with Gasteiger partial charge in [0.15, 0.2) is 5.78 Å². The average Bonchev–Trinajstić information content (AvgIpc) is 3.03. The van der Waals surface area contributed by atoms with Gasteiger partial charge in [0.05, 0.1) is 5.56 Å². The normalized spacial score (nSPS) is 15.8. The number of nitrogens with zero attached hydrogens (tertiary/aromatic N) is 1. The minimum atomic E-state index is -0.371. The topological polar surface area (TPSA) is 82.0 Å². The van der Waals surface area contributed by atoms with Gasteiger partial charge in [0, 0.05) is 23.4 Å². The monoisotopic (exact) mass is 367 g/mol. The molecule has 3 rings (SSSR count). The van der Waals surface area contributed by atoms with Gasteiger partial charge in [0.2, 0.25) is 0 Å². The molecule has 0 radical (unpaired) electrons. The molecule has 1 unspecified atom stereocenters. The molecular formula is C20H21N3O2S. The first-order chi connectivity index (χ1) is 12.7. The Morgan fingerprint density at radius 2 is 2.12 bits per heavy atom. The Balaban J connectivity index is 1.89. The molecule has 1 aromatic heterocycles. The number of carbonyl (C=O) groups is 2. The molecule has 5 nitrogen and oxygen atoms in total. The molecule has 0 aliphatic carbocycles. The number of benzene rings is 1. The van der Waals surface area contributed by atoms with Crippen molar-refractivity contribution in [1.29, 1.82) is 5.26 Å². The van der Waals surface area contributed by atoms with Gasteiger partial charge in [0.1, 0.15) is 17.1 Å². The number of amides is 1. The number of fused-ring (bicyclic) bond motifs is 1. The van der Waals surface area contributed by atoms with Crippen molar-refractivity contribution in [3.8, 4) is 6.07 Å². The third-order valence-corrected chi connectivity index (χ3v) is 5.71. The Labute approximate surface area is 157 Å². The van der Waals surface area contributed by atoms with Crippen LogP contribution in [-0.4, -0.2) is 18.2 Å². The van der Waals surface area contributed by atoms with Crippen LogP contribution in [0.1, 0.15) is 58.6 Å². The van der Waals surface area contributed by atoms with Crippen LogP contribution in [0.4, 0.5) is 5.00 Å². The number of rotatable bonds is 6. The fourth-order valence-corrected chi connectivity index (χ4v) is 4.42. The van der Waals surface area contributed by atoms with Crippen LogP contribution < -0.4 is 10.6 Å². The number of ketones is 1. The van der Waals surface area contributed by atoms with Crippen molar-refractivity contribution in [1.82, 2.24) is 5.32 Å². The van der Waals surface area contributed by atoms with E-state index in [9.17, 15) is 14.9 Å². The second-order valence-electron chi connectivity index (χ2n) is 6.29. The smallest absolute Gasteiger partial charge is 0.256 e. The van der Waals surface area contributed by atoms with E-state index in [0.29, 0.717) is 35.5 Å². The summed E-state index contributed by atoms with van der Waals surface area (Å²) < 4.78 is 0. The maximum absolute atomic E-state index is 12.5. The molecule has 1 aromatic carbocycles. The lowest BCUT2D eigenvalue weighted by atomic mass is 9.95. The number of unbranched alkanes of at least 4 members (excludes halogenated alkanes) is 1. The van der Waals surface area contributed by atoms with E-state index in [0.717, 1.165) is 23.3 Å². The molecule has 0 saturated heterocycles. The third kappa shape index (κ3) is 3.69. The lowest BCUT2D eigenvalue weighted by Gasteiger charge is -2.22. The standard InChI is InChI=1S/C20H21N3O2S/c1-2-3-9-16(24)17-18-14(10-11-22-17)15(12-21)20(26-18)23-19(25)13-7-5-4-6-8-13/h4-8,17,22H,2-3,9-11H2,1H3,(H,23,25). The number of nitriles is 1. The second kappa shape index (κ2) is 8.26. The number of Topliss-reactive ketones (excluding diaryl/α,β-unsaturated/α-hetero) is 1. The molecule has 0 spiro atoms. The summed E-state index contributed by atoms with van der Waals surface area (Å²) in [5, 5.41) is 16.3. The molecule has 0 saturated carbocycles. The fraction of sp³-hybridized carbons (Fsp3) is 0.350. The predicted octanol–water partition coefficient (Wildman–Crippen LogP) is 3.82. The van der Waals surface area contributed by atoms with Gasteiger partial charge < -0.3 is 10.6 Å². The lowest BCUT2D eigenvalue weighted by Crippen LogP contribution is -2.34. The minimum Gasteiger partial charge on any atom is -0.312 e. The van der Waals surface area contributed by atoms with Crippen molar-refractivity contribution < 1.29 is 9.59 Å². The lowest BCUT2D eigenvalue weighted by molar-refractivity contribution is -0.121. The van der Waals surface area contributed by atoms with Gasteiger partial charge in [-0.1, -0.05) is 31.5 Å². The highest BCUT2D eigenvalue weighted by Crippen LogP contribution is 2.40. The number of hydrogen-bond donors (Lipinski definition) is 2. The first kappa shape index (κ1) is 18.3. The molecular weight excluding hydrogens is 346 g/mol. The molecule has 0 fully saturated rings. The van der Waals surface area contributed by atoms with Gasteiger partial charge in [-0.05, 0) is 30.5 Å². The molecule has 1 aliphatic rings. The van der Waals surface area contributed by atoms with Crippen LogP contribution in [-0.2, 0) is 11.2 Å². The Kier molecular flexibility index (Phi) is 5.82. The van der Waals surface area contributed by atoms with Crippen molar-refractivity contribution in [2.24, 2.45) is 0 Å².